The Balaban J connectivity index is 1.42. The second-order valence-electron chi connectivity index (χ2n) is 7.46. The third-order valence-electron chi connectivity index (χ3n) is 5.45. The van der Waals surface area contributed by atoms with Gasteiger partial charge in [-0.3, -0.25) is 4.79 Å². The highest BCUT2D eigenvalue weighted by Crippen LogP contribution is 2.22. The Bertz CT molecular complexity index is 958. The highest BCUT2D eigenvalue weighted by atomic mass is 16.5. The zero-order valence-electron chi connectivity index (χ0n) is 17.7. The van der Waals surface area contributed by atoms with Crippen LogP contribution in [-0.2, 0) is 11.3 Å². The number of methoxy groups -OCH3 is 1. The van der Waals surface area contributed by atoms with Crippen LogP contribution >= 0.6 is 0 Å². The smallest absolute Gasteiger partial charge is 0.242 e. The van der Waals surface area contributed by atoms with Gasteiger partial charge in [-0.25, -0.2) is 9.97 Å². The number of hydrogen-bond donors (Lipinski definition) is 0. The van der Waals surface area contributed by atoms with Crippen molar-refractivity contribution in [2.45, 2.75) is 6.54 Å². The molecule has 0 saturated carbocycles. The van der Waals surface area contributed by atoms with E-state index in [-0.39, 0.29) is 5.91 Å². The van der Waals surface area contributed by atoms with Gasteiger partial charge in [0.2, 0.25) is 11.9 Å². The molecule has 7 nitrogen and oxygen atoms in total. The molecule has 3 aromatic rings. The van der Waals surface area contributed by atoms with Crippen molar-refractivity contribution in [1.82, 2.24) is 14.9 Å². The Kier molecular flexibility index (Phi) is 6.62. The topological polar surface area (TPSA) is 61.8 Å². The maximum atomic E-state index is 13.1. The summed E-state index contributed by atoms with van der Waals surface area (Å²) in [6, 6.07) is 19.9. The number of carbonyl (C=O) groups excluding carboxylic acids is 1. The first kappa shape index (κ1) is 20.7. The average molecular weight is 418 g/mol. The van der Waals surface area contributed by atoms with Crippen LogP contribution in [-0.4, -0.2) is 60.6 Å². The van der Waals surface area contributed by atoms with Gasteiger partial charge in [0.25, 0.3) is 0 Å². The van der Waals surface area contributed by atoms with Crippen molar-refractivity contribution in [3.8, 4) is 5.75 Å². The van der Waals surface area contributed by atoms with Gasteiger partial charge in [0.15, 0.2) is 0 Å². The van der Waals surface area contributed by atoms with Gasteiger partial charge in [-0.2, -0.15) is 0 Å². The molecule has 2 heterocycles. The molecule has 4 rings (SSSR count). The van der Waals surface area contributed by atoms with E-state index in [1.165, 1.54) is 0 Å². The largest absolute Gasteiger partial charge is 0.497 e. The van der Waals surface area contributed by atoms with Crippen LogP contribution in [0.25, 0.3) is 0 Å². The molecule has 0 spiro atoms. The van der Waals surface area contributed by atoms with Gasteiger partial charge in [0.1, 0.15) is 5.75 Å². The Morgan fingerprint density at radius 2 is 1.61 bits per heavy atom. The molecular formula is C24H27N5O2. The number of ether oxygens (including phenoxy) is 1. The van der Waals surface area contributed by atoms with Gasteiger partial charge < -0.3 is 19.4 Å². The van der Waals surface area contributed by atoms with E-state index in [0.29, 0.717) is 26.2 Å². The lowest BCUT2D eigenvalue weighted by Crippen LogP contribution is -2.51. The van der Waals surface area contributed by atoms with E-state index >= 15 is 0 Å². The molecule has 7 heteroatoms. The fraction of sp³-hybridized carbons (Fsp3) is 0.292. The molecule has 160 valence electrons. The van der Waals surface area contributed by atoms with Gasteiger partial charge in [-0.1, -0.05) is 30.3 Å². The molecule has 0 aliphatic carbocycles. The second kappa shape index (κ2) is 9.93. The van der Waals surface area contributed by atoms with Crippen LogP contribution in [0.4, 0.5) is 11.6 Å². The number of anilines is 2. The maximum absolute atomic E-state index is 13.1. The van der Waals surface area contributed by atoms with E-state index in [1.807, 2.05) is 53.4 Å². The average Bonchev–Trinajstić information content (AvgIpc) is 2.85. The van der Waals surface area contributed by atoms with Gasteiger partial charge in [0.05, 0.1) is 13.7 Å². The minimum Gasteiger partial charge on any atom is -0.497 e. The summed E-state index contributed by atoms with van der Waals surface area (Å²) in [5, 5.41) is 0. The summed E-state index contributed by atoms with van der Waals surface area (Å²) in [6.45, 7) is 3.78. The molecule has 1 aromatic heterocycles. The maximum Gasteiger partial charge on any atom is 0.242 e. The number of rotatable bonds is 7. The monoisotopic (exact) mass is 417 g/mol. The van der Waals surface area contributed by atoms with E-state index in [0.717, 1.165) is 36.0 Å². The van der Waals surface area contributed by atoms with Crippen molar-refractivity contribution in [1.29, 1.82) is 0 Å². The van der Waals surface area contributed by atoms with Crippen LogP contribution in [0, 0.1) is 0 Å². The van der Waals surface area contributed by atoms with E-state index in [1.54, 1.807) is 19.5 Å². The lowest BCUT2D eigenvalue weighted by molar-refractivity contribution is -0.130. The number of aromatic nitrogens is 2. The van der Waals surface area contributed by atoms with Gasteiger partial charge >= 0.3 is 0 Å². The van der Waals surface area contributed by atoms with Crippen LogP contribution in [0.3, 0.4) is 0 Å². The normalized spacial score (nSPS) is 13.7. The van der Waals surface area contributed by atoms with Gasteiger partial charge in [0, 0.05) is 50.8 Å². The first-order chi connectivity index (χ1) is 15.2. The summed E-state index contributed by atoms with van der Waals surface area (Å²) in [4.78, 5) is 27.9. The lowest BCUT2D eigenvalue weighted by atomic mass is 10.2. The van der Waals surface area contributed by atoms with Gasteiger partial charge in [-0.15, -0.1) is 0 Å². The molecule has 1 aliphatic heterocycles. The third-order valence-corrected chi connectivity index (χ3v) is 5.45. The van der Waals surface area contributed by atoms with E-state index in [4.69, 9.17) is 4.74 Å². The number of hydrogen-bond acceptors (Lipinski definition) is 6. The Labute approximate surface area is 182 Å². The van der Waals surface area contributed by atoms with Crippen molar-refractivity contribution < 1.29 is 9.53 Å². The predicted molar refractivity (Wildman–Crippen MR) is 121 cm³/mol. The summed E-state index contributed by atoms with van der Waals surface area (Å²) in [5.41, 5.74) is 2.16. The fourth-order valence-electron chi connectivity index (χ4n) is 3.71. The Morgan fingerprint density at radius 1 is 0.935 bits per heavy atom. The number of amides is 1. The third kappa shape index (κ3) is 5.31. The van der Waals surface area contributed by atoms with Crippen molar-refractivity contribution in [3.05, 3.63) is 78.6 Å². The summed E-state index contributed by atoms with van der Waals surface area (Å²) < 4.78 is 5.28. The molecule has 0 N–H and O–H groups in total. The van der Waals surface area contributed by atoms with Crippen molar-refractivity contribution in [2.24, 2.45) is 0 Å². The van der Waals surface area contributed by atoms with Crippen molar-refractivity contribution in [3.63, 3.8) is 0 Å². The van der Waals surface area contributed by atoms with E-state index in [9.17, 15) is 4.79 Å². The second-order valence-corrected chi connectivity index (χ2v) is 7.46. The molecule has 2 aromatic carbocycles. The first-order valence-corrected chi connectivity index (χ1v) is 10.5. The Morgan fingerprint density at radius 3 is 2.26 bits per heavy atom. The Hall–Kier alpha value is -3.61. The van der Waals surface area contributed by atoms with Crippen LogP contribution in [0.15, 0.2) is 73.1 Å². The van der Waals surface area contributed by atoms with Crippen LogP contribution in [0.2, 0.25) is 0 Å². The fourth-order valence-corrected chi connectivity index (χ4v) is 3.71. The molecule has 0 unspecified atom stereocenters. The standard InChI is InChI=1S/C24H27N5O2/c1-31-22-10-8-21(9-11-22)29(18-20-6-3-2-4-7-20)19-23(30)27-14-16-28(17-15-27)24-25-12-5-13-26-24/h2-13H,14-19H2,1H3. The van der Waals surface area contributed by atoms with Crippen LogP contribution < -0.4 is 14.5 Å². The van der Waals surface area contributed by atoms with Crippen molar-refractivity contribution in [2.75, 3.05) is 49.6 Å². The lowest BCUT2D eigenvalue weighted by Gasteiger charge is -2.36. The minimum atomic E-state index is 0.125. The molecule has 0 atom stereocenters. The number of benzene rings is 2. The summed E-state index contributed by atoms with van der Waals surface area (Å²) >= 11 is 0. The summed E-state index contributed by atoms with van der Waals surface area (Å²) in [6.07, 6.45) is 3.49. The van der Waals surface area contributed by atoms with Crippen LogP contribution in [0.5, 0.6) is 5.75 Å². The molecule has 31 heavy (non-hydrogen) atoms. The number of nitrogens with zero attached hydrogens (tertiary/aromatic N) is 5. The highest BCUT2D eigenvalue weighted by molar-refractivity contribution is 5.81. The quantitative estimate of drug-likeness (QED) is 0.589. The molecule has 1 aliphatic rings. The molecule has 1 saturated heterocycles. The molecule has 1 amide bonds. The first-order valence-electron chi connectivity index (χ1n) is 10.5. The predicted octanol–water partition coefficient (Wildman–Crippen LogP) is 2.84. The van der Waals surface area contributed by atoms with Gasteiger partial charge in [-0.05, 0) is 35.9 Å². The summed E-state index contributed by atoms with van der Waals surface area (Å²) in [5.74, 6) is 1.65. The molecular weight excluding hydrogens is 390 g/mol. The minimum absolute atomic E-state index is 0.125. The molecule has 1 fully saturated rings. The molecule has 0 bridgehead atoms. The van der Waals surface area contributed by atoms with E-state index in [2.05, 4.69) is 31.9 Å². The van der Waals surface area contributed by atoms with Crippen molar-refractivity contribution >= 4 is 17.5 Å². The number of carbonyl (C=O) groups is 1. The number of piperazine rings is 1. The SMILES string of the molecule is COc1ccc(N(CC(=O)N2CCN(c3ncccn3)CC2)Cc2ccccc2)cc1. The zero-order valence-corrected chi connectivity index (χ0v) is 17.7. The highest BCUT2D eigenvalue weighted by Gasteiger charge is 2.24. The zero-order chi connectivity index (χ0) is 21.5. The summed E-state index contributed by atoms with van der Waals surface area (Å²) in [7, 11) is 1.65. The molecule has 0 radical (unpaired) electrons. The van der Waals surface area contributed by atoms with Crippen LogP contribution in [0.1, 0.15) is 5.56 Å². The van der Waals surface area contributed by atoms with E-state index < -0.39 is 0 Å².